The minimum Gasteiger partial charge on any atom is -0.493 e. The Morgan fingerprint density at radius 1 is 1.13 bits per heavy atom. The van der Waals surface area contributed by atoms with E-state index in [1.807, 2.05) is 29.2 Å². The zero-order valence-corrected chi connectivity index (χ0v) is 18.2. The summed E-state index contributed by atoms with van der Waals surface area (Å²) in [6, 6.07) is 12.2. The lowest BCUT2D eigenvalue weighted by molar-refractivity contribution is 0.181. The van der Waals surface area contributed by atoms with Gasteiger partial charge in [0.1, 0.15) is 11.6 Å². The van der Waals surface area contributed by atoms with Crippen LogP contribution in [0.25, 0.3) is 0 Å². The largest absolute Gasteiger partial charge is 0.493 e. The first-order chi connectivity index (χ1) is 15.2. The maximum Gasteiger partial charge on any atom is 0.318 e. The highest BCUT2D eigenvalue weighted by atomic mass is 16.5. The van der Waals surface area contributed by atoms with E-state index in [9.17, 15) is 4.79 Å². The number of hydrogen-bond acceptors (Lipinski definition) is 5. The molecule has 31 heavy (non-hydrogen) atoms. The van der Waals surface area contributed by atoms with Crippen LogP contribution >= 0.6 is 0 Å². The highest BCUT2D eigenvalue weighted by Crippen LogP contribution is 2.32. The number of piperazine rings is 1. The molecule has 5 rings (SSSR count). The summed E-state index contributed by atoms with van der Waals surface area (Å²) in [7, 11) is 0. The van der Waals surface area contributed by atoms with Crippen LogP contribution in [0, 0.1) is 0 Å². The van der Waals surface area contributed by atoms with Crippen molar-refractivity contribution in [3.05, 3.63) is 53.2 Å². The maximum absolute atomic E-state index is 13.0. The van der Waals surface area contributed by atoms with Crippen molar-refractivity contribution in [1.29, 1.82) is 0 Å². The molecule has 3 aliphatic rings. The van der Waals surface area contributed by atoms with Gasteiger partial charge in [0.15, 0.2) is 0 Å². The van der Waals surface area contributed by atoms with E-state index in [0.717, 1.165) is 74.0 Å². The topological polar surface area (TPSA) is 60.9 Å². The Morgan fingerprint density at radius 2 is 1.97 bits per heavy atom. The number of aromatic nitrogens is 1. The number of nitrogens with zero attached hydrogens (tertiary/aromatic N) is 4. The Kier molecular flexibility index (Phi) is 5.68. The molecule has 164 valence electrons. The molecule has 2 aromatic rings. The van der Waals surface area contributed by atoms with Gasteiger partial charge in [-0.3, -0.25) is 0 Å². The second kappa shape index (κ2) is 8.75. The fourth-order valence-corrected chi connectivity index (χ4v) is 4.78. The molecule has 0 aliphatic carbocycles. The molecule has 1 atom stereocenters. The van der Waals surface area contributed by atoms with Crippen LogP contribution in [0.4, 0.5) is 10.6 Å². The molecule has 4 heterocycles. The number of amides is 2. The highest BCUT2D eigenvalue weighted by Gasteiger charge is 2.27. The van der Waals surface area contributed by atoms with Crippen LogP contribution < -0.4 is 15.0 Å². The number of ether oxygens (including phenoxy) is 1. The van der Waals surface area contributed by atoms with Gasteiger partial charge >= 0.3 is 6.03 Å². The van der Waals surface area contributed by atoms with Crippen LogP contribution in [0.2, 0.25) is 0 Å². The summed E-state index contributed by atoms with van der Waals surface area (Å²) < 4.78 is 5.72. The van der Waals surface area contributed by atoms with E-state index in [0.29, 0.717) is 19.7 Å². The number of carbonyl (C=O) groups excluding carboxylic acids is 1. The normalized spacial score (nSPS) is 21.1. The molecule has 0 spiro atoms. The summed E-state index contributed by atoms with van der Waals surface area (Å²) in [5.74, 6) is 1.95. The van der Waals surface area contributed by atoms with Crippen molar-refractivity contribution in [2.24, 2.45) is 0 Å². The summed E-state index contributed by atoms with van der Waals surface area (Å²) >= 11 is 0. The Hall–Kier alpha value is -2.80. The first-order valence-corrected chi connectivity index (χ1v) is 11.4. The molecule has 0 saturated carbocycles. The minimum atomic E-state index is -0.00730. The highest BCUT2D eigenvalue weighted by molar-refractivity contribution is 5.75. The molecule has 0 bridgehead atoms. The number of pyridine rings is 1. The Bertz CT molecular complexity index is 941. The summed E-state index contributed by atoms with van der Waals surface area (Å²) in [5.41, 5.74) is 3.36. The molecule has 1 unspecified atom stereocenters. The number of carbonyl (C=O) groups is 1. The summed E-state index contributed by atoms with van der Waals surface area (Å²) in [6.45, 7) is 9.52. The number of rotatable bonds is 3. The molecule has 1 fully saturated rings. The molecule has 1 aromatic heterocycles. The van der Waals surface area contributed by atoms with E-state index in [1.165, 1.54) is 0 Å². The number of hydrogen-bond donors (Lipinski definition) is 1. The van der Waals surface area contributed by atoms with Gasteiger partial charge in [-0.25, -0.2) is 9.78 Å². The van der Waals surface area contributed by atoms with E-state index in [4.69, 9.17) is 9.72 Å². The number of nitrogens with one attached hydrogen (secondary N) is 1. The predicted molar refractivity (Wildman–Crippen MR) is 121 cm³/mol. The van der Waals surface area contributed by atoms with Crippen LogP contribution in [0.5, 0.6) is 5.75 Å². The van der Waals surface area contributed by atoms with Gasteiger partial charge in [0.2, 0.25) is 0 Å². The Morgan fingerprint density at radius 3 is 2.81 bits per heavy atom. The average molecular weight is 422 g/mol. The maximum atomic E-state index is 13.0. The molecule has 1 N–H and O–H groups in total. The van der Waals surface area contributed by atoms with Crippen LogP contribution in [0.3, 0.4) is 0 Å². The molecule has 7 heteroatoms. The molecule has 1 saturated heterocycles. The van der Waals surface area contributed by atoms with Crippen molar-refractivity contribution < 1.29 is 9.53 Å². The fraction of sp³-hybridized carbons (Fsp3) is 0.500. The fourth-order valence-electron chi connectivity index (χ4n) is 4.78. The predicted octanol–water partition coefficient (Wildman–Crippen LogP) is 2.82. The monoisotopic (exact) mass is 421 g/mol. The minimum absolute atomic E-state index is 0.00105. The third kappa shape index (κ3) is 4.19. The summed E-state index contributed by atoms with van der Waals surface area (Å²) in [6.07, 6.45) is 1.60. The molecular weight excluding hydrogens is 390 g/mol. The third-order valence-corrected chi connectivity index (χ3v) is 6.72. The SMILES string of the molecule is CCN1CCN(c2ccc3c(n2)CCN(C(=O)NC2CCOc4ccccc42)C3)CC1. The quantitative estimate of drug-likeness (QED) is 0.826. The van der Waals surface area contributed by atoms with Crippen LogP contribution in [0.15, 0.2) is 36.4 Å². The van der Waals surface area contributed by atoms with Crippen molar-refractivity contribution >= 4 is 11.8 Å². The zero-order valence-electron chi connectivity index (χ0n) is 18.2. The number of para-hydroxylation sites is 1. The van der Waals surface area contributed by atoms with Gasteiger partial charge in [-0.05, 0) is 24.2 Å². The number of likely N-dealkylation sites (N-methyl/N-ethyl adjacent to an activating group) is 1. The van der Waals surface area contributed by atoms with Gasteiger partial charge in [0.25, 0.3) is 0 Å². The lowest BCUT2D eigenvalue weighted by Gasteiger charge is -2.36. The number of benzene rings is 1. The first kappa shape index (κ1) is 20.1. The number of fused-ring (bicyclic) bond motifs is 2. The lowest BCUT2D eigenvalue weighted by atomic mass is 10.0. The van der Waals surface area contributed by atoms with Crippen LogP contribution in [-0.4, -0.2) is 66.7 Å². The van der Waals surface area contributed by atoms with Crippen molar-refractivity contribution in [2.45, 2.75) is 32.4 Å². The molecule has 2 amide bonds. The van der Waals surface area contributed by atoms with Crippen molar-refractivity contribution in [1.82, 2.24) is 20.1 Å². The Balaban J connectivity index is 1.23. The molecular formula is C24H31N5O2. The zero-order chi connectivity index (χ0) is 21.2. The number of anilines is 1. The van der Waals surface area contributed by atoms with Crippen molar-refractivity contribution in [3.63, 3.8) is 0 Å². The first-order valence-electron chi connectivity index (χ1n) is 11.4. The van der Waals surface area contributed by atoms with Gasteiger partial charge in [-0.1, -0.05) is 31.2 Å². The van der Waals surface area contributed by atoms with E-state index >= 15 is 0 Å². The smallest absolute Gasteiger partial charge is 0.318 e. The summed E-state index contributed by atoms with van der Waals surface area (Å²) in [5, 5.41) is 3.22. The third-order valence-electron chi connectivity index (χ3n) is 6.72. The second-order valence-corrected chi connectivity index (χ2v) is 8.55. The lowest BCUT2D eigenvalue weighted by Crippen LogP contribution is -2.47. The molecule has 1 aromatic carbocycles. The van der Waals surface area contributed by atoms with Crippen molar-refractivity contribution in [2.75, 3.05) is 50.8 Å². The van der Waals surface area contributed by atoms with E-state index in [-0.39, 0.29) is 12.1 Å². The Labute approximate surface area is 184 Å². The summed E-state index contributed by atoms with van der Waals surface area (Å²) in [4.78, 5) is 24.7. The van der Waals surface area contributed by atoms with Gasteiger partial charge in [0.05, 0.1) is 12.6 Å². The van der Waals surface area contributed by atoms with Crippen molar-refractivity contribution in [3.8, 4) is 5.75 Å². The average Bonchev–Trinajstić information content (AvgIpc) is 2.83. The number of urea groups is 1. The standard InChI is InChI=1S/C24H31N5O2/c1-2-27-12-14-28(15-13-27)23-8-7-18-17-29(11-9-20(18)25-23)24(30)26-21-10-16-31-22-6-4-3-5-19(21)22/h3-8,21H,2,9-17H2,1H3,(H,26,30). The molecule has 0 radical (unpaired) electrons. The molecule has 7 nitrogen and oxygen atoms in total. The molecule has 3 aliphatic heterocycles. The van der Waals surface area contributed by atoms with E-state index < -0.39 is 0 Å². The van der Waals surface area contributed by atoms with Gasteiger partial charge < -0.3 is 24.8 Å². The van der Waals surface area contributed by atoms with Gasteiger partial charge in [0, 0.05) is 63.4 Å². The van der Waals surface area contributed by atoms with Crippen LogP contribution in [-0.2, 0) is 13.0 Å². The van der Waals surface area contributed by atoms with Gasteiger partial charge in [-0.2, -0.15) is 0 Å². The van der Waals surface area contributed by atoms with E-state index in [2.05, 4.69) is 34.2 Å². The van der Waals surface area contributed by atoms with Gasteiger partial charge in [-0.15, -0.1) is 0 Å². The van der Waals surface area contributed by atoms with Crippen LogP contribution in [0.1, 0.15) is 36.2 Å². The second-order valence-electron chi connectivity index (χ2n) is 8.55. The van der Waals surface area contributed by atoms with E-state index in [1.54, 1.807) is 0 Å².